The summed E-state index contributed by atoms with van der Waals surface area (Å²) in [5, 5.41) is 8.49. The molecule has 1 heterocycles. The monoisotopic (exact) mass is 313 g/mol. The van der Waals surface area contributed by atoms with E-state index >= 15 is 0 Å². The smallest absolute Gasteiger partial charge is 0.0901 e. The molecule has 3 nitrogen and oxygen atoms in total. The molecule has 0 saturated carbocycles. The Balaban J connectivity index is 2.51. The Kier molecular flexibility index (Phi) is 4.88. The van der Waals surface area contributed by atoms with Crippen LogP contribution in [-0.2, 0) is 12.6 Å². The van der Waals surface area contributed by atoms with E-state index in [0.717, 1.165) is 5.69 Å². The molecule has 0 atom stereocenters. The van der Waals surface area contributed by atoms with E-state index in [1.165, 1.54) is 22.4 Å². The first-order valence-corrected chi connectivity index (χ1v) is 8.55. The van der Waals surface area contributed by atoms with Crippen molar-refractivity contribution in [1.29, 1.82) is 0 Å². The van der Waals surface area contributed by atoms with E-state index in [1.54, 1.807) is 0 Å². The lowest BCUT2D eigenvalue weighted by atomic mass is 9.89. The van der Waals surface area contributed by atoms with Crippen LogP contribution in [0.2, 0.25) is 0 Å². The highest BCUT2D eigenvalue weighted by atomic mass is 15.3. The van der Waals surface area contributed by atoms with Gasteiger partial charge in [0.25, 0.3) is 0 Å². The van der Waals surface area contributed by atoms with Crippen LogP contribution >= 0.6 is 0 Å². The van der Waals surface area contributed by atoms with Gasteiger partial charge in [0.05, 0.1) is 11.2 Å². The number of anilines is 1. The van der Waals surface area contributed by atoms with Crippen LogP contribution < -0.4 is 5.32 Å². The van der Waals surface area contributed by atoms with E-state index in [2.05, 4.69) is 83.3 Å². The molecule has 0 amide bonds. The summed E-state index contributed by atoms with van der Waals surface area (Å²) in [4.78, 5) is 0. The Morgan fingerprint density at radius 1 is 1.04 bits per heavy atom. The second kappa shape index (κ2) is 6.38. The highest BCUT2D eigenvalue weighted by Crippen LogP contribution is 2.36. The van der Waals surface area contributed by atoms with Crippen LogP contribution in [0.3, 0.4) is 0 Å². The third-order valence-electron chi connectivity index (χ3n) is 4.41. The molecule has 23 heavy (non-hydrogen) atoms. The minimum Gasteiger partial charge on any atom is -0.374 e. The Morgan fingerprint density at radius 2 is 1.57 bits per heavy atom. The molecular weight excluding hydrogens is 282 g/mol. The maximum atomic E-state index is 4.68. The standard InChI is InChI=1S/C20H31N3/c1-13(2)16-10-9-11-17(14(3)4)18(16)21-20(6,7)19-15(5)12-23(8)22-19/h9-14,21H,1-8H3. The molecule has 0 fully saturated rings. The third-order valence-corrected chi connectivity index (χ3v) is 4.41. The van der Waals surface area contributed by atoms with Gasteiger partial charge in [-0.15, -0.1) is 0 Å². The number of aromatic nitrogens is 2. The van der Waals surface area contributed by atoms with Crippen LogP contribution in [0.4, 0.5) is 5.69 Å². The molecule has 2 aromatic rings. The normalized spacial score (nSPS) is 12.3. The number of para-hydroxylation sites is 1. The third kappa shape index (κ3) is 3.60. The van der Waals surface area contributed by atoms with Crippen molar-refractivity contribution >= 4 is 5.69 Å². The number of hydrogen-bond acceptors (Lipinski definition) is 2. The first-order valence-electron chi connectivity index (χ1n) is 8.55. The van der Waals surface area contributed by atoms with Gasteiger partial charge in [-0.25, -0.2) is 0 Å². The zero-order chi connectivity index (χ0) is 17.4. The van der Waals surface area contributed by atoms with Gasteiger partial charge in [-0.1, -0.05) is 45.9 Å². The summed E-state index contributed by atoms with van der Waals surface area (Å²) in [7, 11) is 1.98. The van der Waals surface area contributed by atoms with Gasteiger partial charge in [-0.3, -0.25) is 4.68 Å². The number of nitrogens with one attached hydrogen (secondary N) is 1. The number of rotatable bonds is 5. The SMILES string of the molecule is Cc1cn(C)nc1C(C)(C)Nc1c(C(C)C)cccc1C(C)C. The largest absolute Gasteiger partial charge is 0.374 e. The molecule has 0 unspecified atom stereocenters. The fourth-order valence-electron chi connectivity index (χ4n) is 3.29. The van der Waals surface area contributed by atoms with Crippen LogP contribution in [0.15, 0.2) is 24.4 Å². The summed E-state index contributed by atoms with van der Waals surface area (Å²) < 4.78 is 1.89. The van der Waals surface area contributed by atoms with Crippen molar-refractivity contribution in [2.45, 2.75) is 65.8 Å². The second-order valence-electron chi connectivity index (χ2n) is 7.71. The molecule has 0 aliphatic carbocycles. The fraction of sp³-hybridized carbons (Fsp3) is 0.550. The minimum absolute atomic E-state index is 0.222. The minimum atomic E-state index is -0.222. The summed E-state index contributed by atoms with van der Waals surface area (Å²) in [6, 6.07) is 6.65. The summed E-state index contributed by atoms with van der Waals surface area (Å²) in [5.41, 5.74) is 6.12. The quantitative estimate of drug-likeness (QED) is 0.809. The summed E-state index contributed by atoms with van der Waals surface area (Å²) in [6.45, 7) is 15.6. The number of nitrogens with zero attached hydrogens (tertiary/aromatic N) is 2. The lowest BCUT2D eigenvalue weighted by molar-refractivity contribution is 0.563. The van der Waals surface area contributed by atoms with Crippen LogP contribution in [0.25, 0.3) is 0 Å². The Morgan fingerprint density at radius 3 is 1.96 bits per heavy atom. The average Bonchev–Trinajstić information content (AvgIpc) is 2.77. The van der Waals surface area contributed by atoms with Crippen molar-refractivity contribution in [3.63, 3.8) is 0 Å². The summed E-state index contributed by atoms with van der Waals surface area (Å²) in [6.07, 6.45) is 2.08. The second-order valence-corrected chi connectivity index (χ2v) is 7.71. The molecule has 0 bridgehead atoms. The molecule has 0 aliphatic rings. The van der Waals surface area contributed by atoms with Crippen LogP contribution in [0.5, 0.6) is 0 Å². The van der Waals surface area contributed by atoms with E-state index in [-0.39, 0.29) is 5.54 Å². The van der Waals surface area contributed by atoms with Gasteiger partial charge in [0.15, 0.2) is 0 Å². The predicted molar refractivity (Wildman–Crippen MR) is 99.2 cm³/mol. The molecule has 0 saturated heterocycles. The molecule has 1 N–H and O–H groups in total. The van der Waals surface area contributed by atoms with E-state index < -0.39 is 0 Å². The van der Waals surface area contributed by atoms with Gasteiger partial charge in [-0.05, 0) is 49.3 Å². The topological polar surface area (TPSA) is 29.9 Å². The fourth-order valence-corrected chi connectivity index (χ4v) is 3.29. The zero-order valence-electron chi connectivity index (χ0n) is 15.9. The summed E-state index contributed by atoms with van der Waals surface area (Å²) in [5.74, 6) is 0.966. The van der Waals surface area contributed by atoms with Crippen molar-refractivity contribution in [3.8, 4) is 0 Å². The Hall–Kier alpha value is -1.77. The van der Waals surface area contributed by atoms with Gasteiger partial charge in [0.1, 0.15) is 0 Å². The molecule has 1 aromatic heterocycles. The van der Waals surface area contributed by atoms with Gasteiger partial charge in [0, 0.05) is 18.9 Å². The molecule has 3 heteroatoms. The molecule has 1 aromatic carbocycles. The Labute approximate surface area is 141 Å². The maximum absolute atomic E-state index is 4.68. The molecule has 2 rings (SSSR count). The number of benzene rings is 1. The van der Waals surface area contributed by atoms with Crippen molar-refractivity contribution in [1.82, 2.24) is 9.78 Å². The molecule has 0 aliphatic heterocycles. The van der Waals surface area contributed by atoms with E-state index in [9.17, 15) is 0 Å². The molecule has 126 valence electrons. The van der Waals surface area contributed by atoms with Crippen molar-refractivity contribution in [2.75, 3.05) is 5.32 Å². The number of aryl methyl sites for hydroxylation is 2. The van der Waals surface area contributed by atoms with E-state index in [1.807, 2.05) is 11.7 Å². The van der Waals surface area contributed by atoms with Gasteiger partial charge >= 0.3 is 0 Å². The van der Waals surface area contributed by atoms with E-state index in [0.29, 0.717) is 11.8 Å². The highest BCUT2D eigenvalue weighted by molar-refractivity contribution is 5.62. The molecule has 0 radical (unpaired) electrons. The van der Waals surface area contributed by atoms with Gasteiger partial charge in [0.2, 0.25) is 0 Å². The maximum Gasteiger partial charge on any atom is 0.0901 e. The summed E-state index contributed by atoms with van der Waals surface area (Å²) >= 11 is 0. The molecule has 0 spiro atoms. The number of hydrogen-bond donors (Lipinski definition) is 1. The predicted octanol–water partition coefficient (Wildman–Crippen LogP) is 5.32. The Bertz CT molecular complexity index is 652. The van der Waals surface area contributed by atoms with Crippen LogP contribution in [-0.4, -0.2) is 9.78 Å². The average molecular weight is 313 g/mol. The molecular formula is C20H31N3. The van der Waals surface area contributed by atoms with Crippen LogP contribution in [0, 0.1) is 6.92 Å². The van der Waals surface area contributed by atoms with E-state index in [4.69, 9.17) is 0 Å². The van der Waals surface area contributed by atoms with Crippen molar-refractivity contribution in [3.05, 3.63) is 46.8 Å². The lowest BCUT2D eigenvalue weighted by Crippen LogP contribution is -2.31. The first kappa shape index (κ1) is 17.6. The van der Waals surface area contributed by atoms with Crippen molar-refractivity contribution < 1.29 is 0 Å². The van der Waals surface area contributed by atoms with Crippen LogP contribution in [0.1, 0.15) is 75.8 Å². The highest BCUT2D eigenvalue weighted by Gasteiger charge is 2.28. The van der Waals surface area contributed by atoms with Crippen molar-refractivity contribution in [2.24, 2.45) is 7.05 Å². The lowest BCUT2D eigenvalue weighted by Gasteiger charge is -2.31. The van der Waals surface area contributed by atoms with Gasteiger partial charge in [-0.2, -0.15) is 5.10 Å². The zero-order valence-corrected chi connectivity index (χ0v) is 15.9. The van der Waals surface area contributed by atoms with Gasteiger partial charge < -0.3 is 5.32 Å². The first-order chi connectivity index (χ1) is 10.6.